The molecule has 2 rings (SSSR count). The molecule has 1 aliphatic rings. The summed E-state index contributed by atoms with van der Waals surface area (Å²) < 4.78 is 27.6. The fourth-order valence-corrected chi connectivity index (χ4v) is 3.74. The third-order valence-electron chi connectivity index (χ3n) is 3.78. The lowest BCUT2D eigenvalue weighted by molar-refractivity contribution is 0.449. The van der Waals surface area contributed by atoms with E-state index in [-0.39, 0.29) is 10.3 Å². The molecule has 2 N–H and O–H groups in total. The first-order valence-corrected chi connectivity index (χ1v) is 8.70. The van der Waals surface area contributed by atoms with Crippen molar-refractivity contribution in [2.45, 2.75) is 44.4 Å². The molecule has 1 aliphatic carbocycles. The van der Waals surface area contributed by atoms with Gasteiger partial charge in [0, 0.05) is 19.3 Å². The molecule has 0 aliphatic heterocycles. The van der Waals surface area contributed by atoms with Gasteiger partial charge in [-0.1, -0.05) is 13.3 Å². The second-order valence-corrected chi connectivity index (χ2v) is 7.19. The molecule has 1 fully saturated rings. The molecular weight excluding hydrogens is 274 g/mol. The Morgan fingerprint density at radius 2 is 2.10 bits per heavy atom. The van der Waals surface area contributed by atoms with Gasteiger partial charge >= 0.3 is 0 Å². The highest BCUT2D eigenvalue weighted by atomic mass is 32.2. The van der Waals surface area contributed by atoms with E-state index in [1.165, 1.54) is 0 Å². The van der Waals surface area contributed by atoms with Gasteiger partial charge in [0.1, 0.15) is 10.7 Å². The topological polar surface area (TPSA) is 71.1 Å². The first kappa shape index (κ1) is 15.3. The van der Waals surface area contributed by atoms with E-state index >= 15 is 0 Å². The van der Waals surface area contributed by atoms with Crippen LogP contribution in [-0.4, -0.2) is 26.5 Å². The zero-order valence-electron chi connectivity index (χ0n) is 12.1. The lowest BCUT2D eigenvalue weighted by atomic mass is 10.0. The van der Waals surface area contributed by atoms with Crippen molar-refractivity contribution in [3.63, 3.8) is 0 Å². The molecule has 0 bridgehead atoms. The van der Waals surface area contributed by atoms with Crippen LogP contribution >= 0.6 is 0 Å². The lowest BCUT2D eigenvalue weighted by Crippen LogP contribution is -2.31. The number of pyridine rings is 1. The first-order valence-electron chi connectivity index (χ1n) is 7.21. The summed E-state index contributed by atoms with van der Waals surface area (Å²) in [4.78, 5) is 4.33. The third kappa shape index (κ3) is 3.49. The SMILES string of the molecule is CCCC1(CNS(=O)(=O)c2cccnc2NCC)CC1. The van der Waals surface area contributed by atoms with Crippen LogP contribution in [0.25, 0.3) is 0 Å². The molecule has 0 unspecified atom stereocenters. The zero-order valence-corrected chi connectivity index (χ0v) is 13.0. The molecule has 1 heterocycles. The van der Waals surface area contributed by atoms with Crippen molar-refractivity contribution in [3.05, 3.63) is 18.3 Å². The Bertz CT molecular complexity index is 553. The summed E-state index contributed by atoms with van der Waals surface area (Å²) in [6, 6.07) is 3.24. The fraction of sp³-hybridized carbons (Fsp3) is 0.643. The molecule has 0 radical (unpaired) electrons. The Labute approximate surface area is 121 Å². The molecular formula is C14H23N3O2S. The molecule has 20 heavy (non-hydrogen) atoms. The number of hydrogen-bond acceptors (Lipinski definition) is 4. The standard InChI is InChI=1S/C14H23N3O2S/c1-3-7-14(8-9-14)11-17-20(18,19)12-6-5-10-16-13(12)15-4-2/h5-6,10,17H,3-4,7-9,11H2,1-2H3,(H,15,16). The highest BCUT2D eigenvalue weighted by molar-refractivity contribution is 7.89. The minimum atomic E-state index is -3.50. The molecule has 1 aromatic rings. The number of rotatable bonds is 8. The van der Waals surface area contributed by atoms with Crippen molar-refractivity contribution in [2.75, 3.05) is 18.4 Å². The number of hydrogen-bond donors (Lipinski definition) is 2. The van der Waals surface area contributed by atoms with Crippen molar-refractivity contribution < 1.29 is 8.42 Å². The highest BCUT2D eigenvalue weighted by Crippen LogP contribution is 2.49. The normalized spacial score (nSPS) is 16.9. The number of nitrogens with one attached hydrogen (secondary N) is 2. The van der Waals surface area contributed by atoms with E-state index in [2.05, 4.69) is 21.9 Å². The van der Waals surface area contributed by atoms with Crippen molar-refractivity contribution in [1.82, 2.24) is 9.71 Å². The van der Waals surface area contributed by atoms with Gasteiger partial charge < -0.3 is 5.32 Å². The Hall–Kier alpha value is -1.14. The van der Waals surface area contributed by atoms with E-state index in [0.29, 0.717) is 18.9 Å². The molecule has 112 valence electrons. The summed E-state index contributed by atoms with van der Waals surface area (Å²) in [6.07, 6.45) is 6.02. The van der Waals surface area contributed by atoms with Crippen LogP contribution in [0.15, 0.2) is 23.2 Å². The molecule has 0 aromatic carbocycles. The lowest BCUT2D eigenvalue weighted by Gasteiger charge is -2.16. The number of sulfonamides is 1. The molecule has 1 saturated carbocycles. The summed E-state index contributed by atoms with van der Waals surface area (Å²) in [5, 5.41) is 2.99. The summed E-state index contributed by atoms with van der Waals surface area (Å²) in [6.45, 7) is 5.22. The Morgan fingerprint density at radius 3 is 2.70 bits per heavy atom. The van der Waals surface area contributed by atoms with Gasteiger partial charge in [-0.2, -0.15) is 0 Å². The number of anilines is 1. The highest BCUT2D eigenvalue weighted by Gasteiger charge is 2.42. The predicted octanol–water partition coefficient (Wildman–Crippen LogP) is 2.37. The van der Waals surface area contributed by atoms with Gasteiger partial charge in [-0.05, 0) is 43.7 Å². The van der Waals surface area contributed by atoms with Crippen LogP contribution in [0.5, 0.6) is 0 Å². The Morgan fingerprint density at radius 1 is 1.35 bits per heavy atom. The van der Waals surface area contributed by atoms with Crippen molar-refractivity contribution >= 4 is 15.8 Å². The molecule has 0 spiro atoms. The summed E-state index contributed by atoms with van der Waals surface area (Å²) in [7, 11) is -3.50. The minimum Gasteiger partial charge on any atom is -0.369 e. The van der Waals surface area contributed by atoms with E-state index in [0.717, 1.165) is 25.7 Å². The first-order chi connectivity index (χ1) is 9.53. The van der Waals surface area contributed by atoms with Crippen LogP contribution in [0.2, 0.25) is 0 Å². The van der Waals surface area contributed by atoms with Crippen LogP contribution < -0.4 is 10.0 Å². The molecule has 1 aromatic heterocycles. The van der Waals surface area contributed by atoms with Crippen LogP contribution in [0, 0.1) is 5.41 Å². The molecule has 6 heteroatoms. The van der Waals surface area contributed by atoms with Gasteiger partial charge in [0.15, 0.2) is 0 Å². The van der Waals surface area contributed by atoms with E-state index < -0.39 is 10.0 Å². The monoisotopic (exact) mass is 297 g/mol. The number of aromatic nitrogens is 1. The van der Waals surface area contributed by atoms with Crippen molar-refractivity contribution in [1.29, 1.82) is 0 Å². The van der Waals surface area contributed by atoms with Crippen LogP contribution in [0.4, 0.5) is 5.82 Å². The Balaban J connectivity index is 2.10. The molecule has 0 amide bonds. The molecule has 5 nitrogen and oxygen atoms in total. The summed E-state index contributed by atoms with van der Waals surface area (Å²) in [5.41, 5.74) is 0.197. The maximum atomic E-state index is 12.4. The third-order valence-corrected chi connectivity index (χ3v) is 5.21. The van der Waals surface area contributed by atoms with Gasteiger partial charge in [0.2, 0.25) is 10.0 Å². The van der Waals surface area contributed by atoms with Gasteiger partial charge in [0.05, 0.1) is 0 Å². The molecule has 0 atom stereocenters. The van der Waals surface area contributed by atoms with E-state index in [1.54, 1.807) is 18.3 Å². The van der Waals surface area contributed by atoms with Crippen LogP contribution in [0.3, 0.4) is 0 Å². The summed E-state index contributed by atoms with van der Waals surface area (Å²) >= 11 is 0. The molecule has 0 saturated heterocycles. The van der Waals surface area contributed by atoms with Gasteiger partial charge in [-0.15, -0.1) is 0 Å². The average molecular weight is 297 g/mol. The van der Waals surface area contributed by atoms with E-state index in [4.69, 9.17) is 0 Å². The second kappa shape index (κ2) is 6.10. The smallest absolute Gasteiger partial charge is 0.244 e. The second-order valence-electron chi connectivity index (χ2n) is 5.46. The Kier molecular flexibility index (Phi) is 4.65. The van der Waals surface area contributed by atoms with Crippen molar-refractivity contribution in [2.24, 2.45) is 5.41 Å². The predicted molar refractivity (Wildman–Crippen MR) is 80.2 cm³/mol. The van der Waals surface area contributed by atoms with E-state index in [1.807, 2.05) is 6.92 Å². The van der Waals surface area contributed by atoms with Gasteiger partial charge in [0.25, 0.3) is 0 Å². The number of nitrogens with zero attached hydrogens (tertiary/aromatic N) is 1. The van der Waals surface area contributed by atoms with E-state index in [9.17, 15) is 8.42 Å². The minimum absolute atomic E-state index is 0.197. The fourth-order valence-electron chi connectivity index (χ4n) is 2.46. The maximum Gasteiger partial charge on any atom is 0.244 e. The van der Waals surface area contributed by atoms with Crippen LogP contribution in [0.1, 0.15) is 39.5 Å². The summed E-state index contributed by atoms with van der Waals surface area (Å²) in [5.74, 6) is 0.419. The quantitative estimate of drug-likeness (QED) is 0.773. The van der Waals surface area contributed by atoms with Gasteiger partial charge in [-0.25, -0.2) is 18.1 Å². The van der Waals surface area contributed by atoms with Crippen molar-refractivity contribution in [3.8, 4) is 0 Å². The maximum absolute atomic E-state index is 12.4. The zero-order chi connectivity index (χ0) is 14.6. The average Bonchev–Trinajstić information content (AvgIpc) is 3.18. The largest absolute Gasteiger partial charge is 0.369 e. The van der Waals surface area contributed by atoms with Gasteiger partial charge in [-0.3, -0.25) is 0 Å². The van der Waals surface area contributed by atoms with Crippen LogP contribution in [-0.2, 0) is 10.0 Å².